The molecule has 0 unspecified atom stereocenters. The highest BCUT2D eigenvalue weighted by Gasteiger charge is 2.62. The second-order valence-electron chi connectivity index (χ2n) is 21.8. The molecule has 4 bridgehead atoms. The Hall–Kier alpha value is -7.68. The van der Waals surface area contributed by atoms with Crippen molar-refractivity contribution in [2.75, 3.05) is 9.80 Å². The van der Waals surface area contributed by atoms with Crippen LogP contribution in [0.3, 0.4) is 0 Å². The van der Waals surface area contributed by atoms with Crippen molar-refractivity contribution in [3.63, 3.8) is 0 Å². The number of hydrogen-bond donors (Lipinski definition) is 0. The van der Waals surface area contributed by atoms with Crippen LogP contribution in [-0.2, 0) is 5.41 Å². The second kappa shape index (κ2) is 15.4. The molecule has 0 N–H and O–H groups in total. The summed E-state index contributed by atoms with van der Waals surface area (Å²) in [6.45, 7) is 6.90. The van der Waals surface area contributed by atoms with Gasteiger partial charge < -0.3 is 9.80 Å². The van der Waals surface area contributed by atoms with Crippen LogP contribution in [0.25, 0.3) is 65.3 Å². The van der Waals surface area contributed by atoms with Gasteiger partial charge in [0.1, 0.15) is 0 Å². The highest BCUT2D eigenvalue weighted by molar-refractivity contribution is 6.28. The minimum atomic E-state index is 0.0798. The predicted octanol–water partition coefficient (Wildman–Crippen LogP) is 19.0. The van der Waals surface area contributed by atoms with Crippen LogP contribution >= 0.6 is 0 Å². The van der Waals surface area contributed by atoms with Crippen molar-refractivity contribution in [2.24, 2.45) is 23.7 Å². The van der Waals surface area contributed by atoms with Gasteiger partial charge in [0.25, 0.3) is 0 Å². The van der Waals surface area contributed by atoms with Gasteiger partial charge in [-0.3, -0.25) is 0 Å². The van der Waals surface area contributed by atoms with Gasteiger partial charge in [0.05, 0.1) is 22.7 Å². The molecule has 4 saturated carbocycles. The third-order valence-corrected chi connectivity index (χ3v) is 18.0. The Kier molecular flexibility index (Phi) is 8.93. The third kappa shape index (κ3) is 5.88. The molecule has 0 aromatic heterocycles. The summed E-state index contributed by atoms with van der Waals surface area (Å²) >= 11 is 0. The molecule has 1 spiro atoms. The number of para-hydroxylation sites is 1. The number of fused-ring (bicyclic) bond motifs is 4. The lowest BCUT2D eigenvalue weighted by molar-refractivity contribution is -0.0399. The van der Waals surface area contributed by atoms with Crippen molar-refractivity contribution >= 4 is 77.2 Å². The third-order valence-electron chi connectivity index (χ3n) is 18.0. The summed E-state index contributed by atoms with van der Waals surface area (Å²) in [5, 5.41) is 10.2. The summed E-state index contributed by atoms with van der Waals surface area (Å²) < 4.78 is 0. The summed E-state index contributed by atoms with van der Waals surface area (Å²) in [6, 6.07) is 76.3. The average Bonchev–Trinajstić information content (AvgIpc) is 3.71. The number of nitrogens with zero attached hydrogens (tertiary/aromatic N) is 2. The van der Waals surface area contributed by atoms with Gasteiger partial charge in [0, 0.05) is 33.1 Å². The first-order valence-corrected chi connectivity index (χ1v) is 26.2. The number of anilines is 6. The molecular weight excluding hydrogens is 857 g/mol. The lowest BCUT2D eigenvalue weighted by atomic mass is 9.43. The van der Waals surface area contributed by atoms with E-state index in [4.69, 9.17) is 0 Å². The molecule has 0 saturated heterocycles. The van der Waals surface area contributed by atoms with Gasteiger partial charge in [0.2, 0.25) is 0 Å². The highest BCUT2D eigenvalue weighted by Crippen LogP contribution is 2.70. The maximum atomic E-state index is 2.69. The molecule has 71 heavy (non-hydrogen) atoms. The van der Waals surface area contributed by atoms with E-state index in [0.29, 0.717) is 11.8 Å². The lowest BCUT2D eigenvalue weighted by Gasteiger charge is -2.61. The highest BCUT2D eigenvalue weighted by atomic mass is 15.2. The molecule has 4 fully saturated rings. The zero-order valence-corrected chi connectivity index (χ0v) is 40.8. The maximum Gasteiger partial charge on any atom is 0.0543 e. The van der Waals surface area contributed by atoms with E-state index < -0.39 is 0 Å². The molecule has 0 aliphatic heterocycles. The molecule has 5 aliphatic rings. The Morgan fingerprint density at radius 3 is 1.69 bits per heavy atom. The van der Waals surface area contributed by atoms with Crippen LogP contribution in [0.5, 0.6) is 0 Å². The Morgan fingerprint density at radius 2 is 0.958 bits per heavy atom. The Morgan fingerprint density at radius 1 is 0.394 bits per heavy atom. The van der Waals surface area contributed by atoms with Crippen LogP contribution in [0.1, 0.15) is 59.9 Å². The van der Waals surface area contributed by atoms with Gasteiger partial charge in [-0.15, -0.1) is 0 Å². The van der Waals surface area contributed by atoms with E-state index in [1.54, 1.807) is 11.1 Å². The van der Waals surface area contributed by atoms with Gasteiger partial charge in [-0.05, 0) is 190 Å². The first kappa shape index (κ1) is 41.1. The van der Waals surface area contributed by atoms with Crippen LogP contribution < -0.4 is 9.80 Å². The second-order valence-corrected chi connectivity index (χ2v) is 21.8. The number of hydrogen-bond acceptors (Lipinski definition) is 2. The molecule has 0 atom stereocenters. The van der Waals surface area contributed by atoms with Gasteiger partial charge in [-0.25, -0.2) is 0 Å². The van der Waals surface area contributed by atoms with Crippen molar-refractivity contribution in [1.29, 1.82) is 0 Å². The normalized spacial score (nSPS) is 20.7. The average molecular weight is 913 g/mol. The van der Waals surface area contributed by atoms with Crippen molar-refractivity contribution in [2.45, 2.75) is 58.3 Å². The smallest absolute Gasteiger partial charge is 0.0543 e. The molecule has 0 heterocycles. The maximum absolute atomic E-state index is 2.69. The fraction of sp³-hybridized carbons (Fsp3) is 0.188. The molecule has 2 nitrogen and oxygen atoms in total. The fourth-order valence-corrected chi connectivity index (χ4v) is 15.7. The van der Waals surface area contributed by atoms with Crippen molar-refractivity contribution in [3.8, 4) is 22.3 Å². The summed E-state index contributed by atoms with van der Waals surface area (Å²) in [4.78, 5) is 5.16. The molecule has 342 valence electrons. The largest absolute Gasteiger partial charge is 0.310 e. The van der Waals surface area contributed by atoms with E-state index in [0.717, 1.165) is 23.2 Å². The minimum absolute atomic E-state index is 0.0798. The monoisotopic (exact) mass is 912 g/mol. The molecule has 11 aromatic rings. The van der Waals surface area contributed by atoms with E-state index in [1.165, 1.54) is 137 Å². The van der Waals surface area contributed by atoms with Crippen molar-refractivity contribution < 1.29 is 0 Å². The van der Waals surface area contributed by atoms with E-state index >= 15 is 0 Å². The molecule has 16 rings (SSSR count). The zero-order valence-electron chi connectivity index (χ0n) is 40.8. The van der Waals surface area contributed by atoms with Gasteiger partial charge in [0.15, 0.2) is 0 Å². The van der Waals surface area contributed by atoms with Gasteiger partial charge in [-0.2, -0.15) is 0 Å². The molecule has 0 radical (unpaired) electrons. The van der Waals surface area contributed by atoms with Crippen LogP contribution in [0.4, 0.5) is 34.1 Å². The van der Waals surface area contributed by atoms with Crippen molar-refractivity contribution in [3.05, 3.63) is 228 Å². The Bertz CT molecular complexity index is 3900. The fourth-order valence-electron chi connectivity index (χ4n) is 15.7. The van der Waals surface area contributed by atoms with Crippen LogP contribution in [0.2, 0.25) is 0 Å². The molecule has 0 amide bonds. The summed E-state index contributed by atoms with van der Waals surface area (Å²) in [6.07, 6.45) is 6.95. The standard InChI is InChI=1S/C69H56N2/c1-42-34-43(2)68(44(3)35-42)71(64-25-13-24-61-67(64)57-21-9-10-23-60(57)69(61)51-37-45-36-46(39-51)40-52(69)38-45)63-33-29-49-26-30-58-62(32-28-48-27-31-59(63)66(49)65(48)58)70(53-17-5-4-6-18-53)54-19-11-16-50(41-54)56-22-12-15-47-14-7-8-20-55(47)56/h4-35,41,45-46,51-52H,36-40H2,1-3H3. The first-order valence-electron chi connectivity index (χ1n) is 26.2. The Balaban J connectivity index is 0.963. The topological polar surface area (TPSA) is 6.48 Å². The van der Waals surface area contributed by atoms with E-state index in [-0.39, 0.29) is 5.41 Å². The number of aryl methyl sites for hydroxylation is 3. The van der Waals surface area contributed by atoms with Crippen LogP contribution in [0, 0.1) is 44.4 Å². The predicted molar refractivity (Wildman–Crippen MR) is 300 cm³/mol. The Labute approximate surface area is 417 Å². The molecular formula is C69H56N2. The summed E-state index contributed by atoms with van der Waals surface area (Å²) in [5.74, 6) is 3.20. The number of rotatable bonds is 7. The minimum Gasteiger partial charge on any atom is -0.310 e. The molecule has 2 heteroatoms. The first-order chi connectivity index (χ1) is 34.9. The van der Waals surface area contributed by atoms with E-state index in [1.807, 2.05) is 0 Å². The van der Waals surface area contributed by atoms with Crippen molar-refractivity contribution in [1.82, 2.24) is 0 Å². The summed E-state index contributed by atoms with van der Waals surface area (Å²) in [7, 11) is 0. The van der Waals surface area contributed by atoms with Gasteiger partial charge >= 0.3 is 0 Å². The van der Waals surface area contributed by atoms with E-state index in [2.05, 4.69) is 231 Å². The van der Waals surface area contributed by atoms with Crippen LogP contribution in [0.15, 0.2) is 200 Å². The molecule has 11 aromatic carbocycles. The lowest BCUT2D eigenvalue weighted by Crippen LogP contribution is -2.55. The SMILES string of the molecule is Cc1cc(C)c(N(c2cccc3c2-c2ccccc2C32C3CC4CC(C3)CC2C4)c2ccc3ccc4c(N(c5ccccc5)c5cccc(-c6cccc7ccccc67)c5)ccc5ccc2c3c54)c(C)c1. The summed E-state index contributed by atoms with van der Waals surface area (Å²) in [5.41, 5.74) is 19.7. The number of benzene rings is 11. The van der Waals surface area contributed by atoms with E-state index in [9.17, 15) is 0 Å². The quantitative estimate of drug-likeness (QED) is 0.147. The van der Waals surface area contributed by atoms with Crippen LogP contribution in [-0.4, -0.2) is 0 Å². The zero-order chi connectivity index (χ0) is 47.1. The van der Waals surface area contributed by atoms with Gasteiger partial charge in [-0.1, -0.05) is 163 Å². The molecule has 5 aliphatic carbocycles.